The van der Waals surface area contributed by atoms with Crippen LogP contribution in [-0.4, -0.2) is 49.7 Å². The lowest BCUT2D eigenvalue weighted by molar-refractivity contribution is -0.136. The molecule has 0 aromatic heterocycles. The quantitative estimate of drug-likeness (QED) is 0.797. The number of nitrogens with zero attached hydrogens (tertiary/aromatic N) is 1. The van der Waals surface area contributed by atoms with E-state index in [-0.39, 0.29) is 12.0 Å². The molecular weight excluding hydrogens is 216 g/mol. The van der Waals surface area contributed by atoms with Crippen LogP contribution in [0.3, 0.4) is 0 Å². The minimum atomic E-state index is 0.0413. The third kappa shape index (κ3) is 3.19. The first-order valence-corrected chi connectivity index (χ1v) is 6.93. The third-order valence-corrected chi connectivity index (χ3v) is 3.72. The van der Waals surface area contributed by atoms with E-state index in [4.69, 9.17) is 4.74 Å². The molecule has 0 aliphatic carbocycles. The average molecular weight is 240 g/mol. The van der Waals surface area contributed by atoms with E-state index in [1.807, 2.05) is 4.90 Å². The summed E-state index contributed by atoms with van der Waals surface area (Å²) in [6, 6.07) is 0.226. The van der Waals surface area contributed by atoms with Crippen LogP contribution in [0.25, 0.3) is 0 Å². The van der Waals surface area contributed by atoms with Gasteiger partial charge in [0.1, 0.15) is 0 Å². The number of carbonyl (C=O) groups is 1. The van der Waals surface area contributed by atoms with Crippen LogP contribution in [0.1, 0.15) is 32.6 Å². The average Bonchev–Trinajstić information content (AvgIpc) is 2.84. The summed E-state index contributed by atoms with van der Waals surface area (Å²) in [6.07, 6.45) is 4.68. The molecule has 1 N–H and O–H groups in total. The summed E-state index contributed by atoms with van der Waals surface area (Å²) in [5.41, 5.74) is 0. The van der Waals surface area contributed by atoms with Gasteiger partial charge >= 0.3 is 0 Å². The van der Waals surface area contributed by atoms with Gasteiger partial charge in [-0.1, -0.05) is 6.92 Å². The van der Waals surface area contributed by atoms with E-state index in [0.29, 0.717) is 19.1 Å². The molecule has 0 saturated carbocycles. The van der Waals surface area contributed by atoms with Crippen molar-refractivity contribution >= 4 is 5.91 Å². The van der Waals surface area contributed by atoms with Crippen LogP contribution in [0.15, 0.2) is 0 Å². The van der Waals surface area contributed by atoms with Gasteiger partial charge in [0, 0.05) is 19.1 Å². The molecule has 98 valence electrons. The number of piperidine rings is 1. The number of hydrogen-bond acceptors (Lipinski definition) is 3. The van der Waals surface area contributed by atoms with E-state index >= 15 is 0 Å². The van der Waals surface area contributed by atoms with Crippen LogP contribution in [0.4, 0.5) is 0 Å². The molecule has 0 aromatic rings. The molecule has 2 heterocycles. The summed E-state index contributed by atoms with van der Waals surface area (Å²) >= 11 is 0. The maximum absolute atomic E-state index is 12.4. The van der Waals surface area contributed by atoms with Crippen LogP contribution in [0, 0.1) is 5.92 Å². The highest BCUT2D eigenvalue weighted by Gasteiger charge is 2.36. The molecule has 17 heavy (non-hydrogen) atoms. The summed E-state index contributed by atoms with van der Waals surface area (Å²) < 4.78 is 5.47. The van der Waals surface area contributed by atoms with Crippen LogP contribution >= 0.6 is 0 Å². The molecule has 2 aliphatic rings. The molecule has 0 spiro atoms. The van der Waals surface area contributed by atoms with Gasteiger partial charge in [0.25, 0.3) is 0 Å². The maximum Gasteiger partial charge on any atom is 0.229 e. The lowest BCUT2D eigenvalue weighted by Gasteiger charge is -2.30. The Labute approximate surface area is 104 Å². The zero-order valence-electron chi connectivity index (χ0n) is 10.8. The van der Waals surface area contributed by atoms with Crippen LogP contribution in [-0.2, 0) is 9.53 Å². The largest absolute Gasteiger partial charge is 0.379 e. The molecule has 1 amide bonds. The first-order chi connectivity index (χ1) is 8.33. The summed E-state index contributed by atoms with van der Waals surface area (Å²) in [5.74, 6) is 0.343. The minimum Gasteiger partial charge on any atom is -0.379 e. The first-order valence-electron chi connectivity index (χ1n) is 6.93. The number of amides is 1. The van der Waals surface area contributed by atoms with Gasteiger partial charge in [-0.3, -0.25) is 4.79 Å². The van der Waals surface area contributed by atoms with E-state index < -0.39 is 0 Å². The van der Waals surface area contributed by atoms with Gasteiger partial charge in [-0.25, -0.2) is 0 Å². The normalized spacial score (nSPS) is 29.6. The van der Waals surface area contributed by atoms with Crippen molar-refractivity contribution in [2.45, 2.75) is 38.6 Å². The van der Waals surface area contributed by atoms with Gasteiger partial charge in [-0.15, -0.1) is 0 Å². The lowest BCUT2D eigenvalue weighted by atomic mass is 10.00. The number of likely N-dealkylation sites (tertiary alicyclic amines) is 1. The monoisotopic (exact) mass is 240 g/mol. The Morgan fingerprint density at radius 3 is 2.76 bits per heavy atom. The van der Waals surface area contributed by atoms with E-state index in [2.05, 4.69) is 12.2 Å². The highest BCUT2D eigenvalue weighted by molar-refractivity contribution is 5.80. The molecule has 4 heteroatoms. The van der Waals surface area contributed by atoms with Gasteiger partial charge in [0.15, 0.2) is 0 Å². The SMILES string of the molecule is CCCNC1COCC1C(=O)N1CCCCC1. The Hall–Kier alpha value is -0.610. The smallest absolute Gasteiger partial charge is 0.229 e. The van der Waals surface area contributed by atoms with Crippen LogP contribution in [0.5, 0.6) is 0 Å². The standard InChI is InChI=1S/C13H24N2O2/c1-2-6-14-12-10-17-9-11(12)13(16)15-7-4-3-5-8-15/h11-12,14H,2-10H2,1H3. The number of ether oxygens (including phenoxy) is 1. The van der Waals surface area contributed by atoms with Gasteiger partial charge < -0.3 is 15.0 Å². The zero-order valence-corrected chi connectivity index (χ0v) is 10.8. The molecule has 2 rings (SSSR count). The first kappa shape index (κ1) is 12.8. The van der Waals surface area contributed by atoms with Crippen molar-refractivity contribution in [3.8, 4) is 0 Å². The van der Waals surface area contributed by atoms with Gasteiger partial charge in [-0.05, 0) is 32.2 Å². The predicted octanol–water partition coefficient (Wildman–Crippen LogP) is 1.01. The molecule has 2 aliphatic heterocycles. The van der Waals surface area contributed by atoms with Crippen LogP contribution in [0.2, 0.25) is 0 Å². The number of rotatable bonds is 4. The van der Waals surface area contributed by atoms with E-state index in [1.165, 1.54) is 6.42 Å². The topological polar surface area (TPSA) is 41.6 Å². The van der Waals surface area contributed by atoms with Crippen molar-refractivity contribution in [3.05, 3.63) is 0 Å². The zero-order chi connectivity index (χ0) is 12.1. The fourth-order valence-corrected chi connectivity index (χ4v) is 2.68. The van der Waals surface area contributed by atoms with Crippen molar-refractivity contribution in [3.63, 3.8) is 0 Å². The molecule has 2 saturated heterocycles. The summed E-state index contributed by atoms with van der Waals surface area (Å²) in [4.78, 5) is 14.4. The molecule has 2 fully saturated rings. The highest BCUT2D eigenvalue weighted by Crippen LogP contribution is 2.19. The summed E-state index contributed by atoms with van der Waals surface area (Å²) in [6.45, 7) is 6.27. The van der Waals surface area contributed by atoms with E-state index in [0.717, 1.165) is 38.9 Å². The third-order valence-electron chi connectivity index (χ3n) is 3.72. The number of nitrogens with one attached hydrogen (secondary N) is 1. The van der Waals surface area contributed by atoms with Gasteiger partial charge in [0.2, 0.25) is 5.91 Å². The molecule has 0 aromatic carbocycles. The minimum absolute atomic E-state index is 0.0413. The highest BCUT2D eigenvalue weighted by atomic mass is 16.5. The Bertz CT molecular complexity index is 252. The Morgan fingerprint density at radius 1 is 1.29 bits per heavy atom. The van der Waals surface area contributed by atoms with Crippen molar-refractivity contribution in [2.75, 3.05) is 32.8 Å². The van der Waals surface area contributed by atoms with Gasteiger partial charge in [-0.2, -0.15) is 0 Å². The van der Waals surface area contributed by atoms with E-state index in [9.17, 15) is 4.79 Å². The molecule has 4 nitrogen and oxygen atoms in total. The number of hydrogen-bond donors (Lipinski definition) is 1. The second kappa shape index (κ2) is 6.36. The molecule has 0 radical (unpaired) electrons. The van der Waals surface area contributed by atoms with Crippen molar-refractivity contribution in [2.24, 2.45) is 5.92 Å². The molecular formula is C13H24N2O2. The lowest BCUT2D eigenvalue weighted by Crippen LogP contribution is -2.47. The maximum atomic E-state index is 12.4. The second-order valence-corrected chi connectivity index (χ2v) is 5.09. The fraction of sp³-hybridized carbons (Fsp3) is 0.923. The van der Waals surface area contributed by atoms with Crippen molar-refractivity contribution < 1.29 is 9.53 Å². The molecule has 2 atom stereocenters. The second-order valence-electron chi connectivity index (χ2n) is 5.09. The molecule has 0 bridgehead atoms. The van der Waals surface area contributed by atoms with Crippen LogP contribution < -0.4 is 5.32 Å². The van der Waals surface area contributed by atoms with Gasteiger partial charge in [0.05, 0.1) is 19.1 Å². The predicted molar refractivity (Wildman–Crippen MR) is 66.8 cm³/mol. The molecule has 2 unspecified atom stereocenters. The fourth-order valence-electron chi connectivity index (χ4n) is 2.68. The Kier molecular flexibility index (Phi) is 4.80. The summed E-state index contributed by atoms with van der Waals surface area (Å²) in [5, 5.41) is 3.43. The number of carbonyl (C=O) groups excluding carboxylic acids is 1. The van der Waals surface area contributed by atoms with Crippen molar-refractivity contribution in [1.29, 1.82) is 0 Å². The van der Waals surface area contributed by atoms with E-state index in [1.54, 1.807) is 0 Å². The Balaban J connectivity index is 1.88. The summed E-state index contributed by atoms with van der Waals surface area (Å²) in [7, 11) is 0. The Morgan fingerprint density at radius 2 is 2.06 bits per heavy atom. The van der Waals surface area contributed by atoms with Crippen molar-refractivity contribution in [1.82, 2.24) is 10.2 Å².